The molecule has 2 aromatic rings. The Morgan fingerprint density at radius 2 is 2.10 bits per heavy atom. The molecule has 0 saturated heterocycles. The Morgan fingerprint density at radius 3 is 2.81 bits per heavy atom. The van der Waals surface area contributed by atoms with Gasteiger partial charge in [0.05, 0.1) is 12.1 Å². The van der Waals surface area contributed by atoms with Gasteiger partial charge in [0.15, 0.2) is 0 Å². The van der Waals surface area contributed by atoms with Crippen molar-refractivity contribution >= 4 is 21.8 Å². The van der Waals surface area contributed by atoms with Crippen LogP contribution in [0.5, 0.6) is 11.5 Å². The molecule has 0 fully saturated rings. The van der Waals surface area contributed by atoms with Crippen LogP contribution in [0, 0.1) is 6.92 Å². The number of hydrogen-bond acceptors (Lipinski definition) is 3. The molecule has 2 N–H and O–H groups in total. The summed E-state index contributed by atoms with van der Waals surface area (Å²) in [5.41, 5.74) is 1.17. The normalized spacial score (nSPS) is 10.2. The number of aromatic hydroxyl groups is 1. The average molecular weight is 350 g/mol. The smallest absolute Gasteiger partial charge is 0.255 e. The molecule has 0 radical (unpaired) electrons. The van der Waals surface area contributed by atoms with Crippen LogP contribution in [0.3, 0.4) is 0 Å². The zero-order chi connectivity index (χ0) is 15.2. The average Bonchev–Trinajstić information content (AvgIpc) is 2.43. The lowest BCUT2D eigenvalue weighted by Gasteiger charge is -2.09. The Labute approximate surface area is 131 Å². The lowest BCUT2D eigenvalue weighted by atomic mass is 10.1. The number of halogens is 1. The van der Waals surface area contributed by atoms with Gasteiger partial charge in [-0.25, -0.2) is 0 Å². The van der Waals surface area contributed by atoms with Crippen molar-refractivity contribution in [1.82, 2.24) is 5.32 Å². The van der Waals surface area contributed by atoms with Gasteiger partial charge in [-0.15, -0.1) is 0 Å². The Bertz CT molecular complexity index is 643. The van der Waals surface area contributed by atoms with Gasteiger partial charge in [0.1, 0.15) is 18.1 Å². The predicted molar refractivity (Wildman–Crippen MR) is 84.8 cm³/mol. The molecule has 110 valence electrons. The first kappa shape index (κ1) is 15.4. The Hall–Kier alpha value is -2.01. The molecule has 0 aliphatic carbocycles. The molecule has 0 aliphatic rings. The summed E-state index contributed by atoms with van der Waals surface area (Å²) >= 11 is 3.36. The van der Waals surface area contributed by atoms with Crippen LogP contribution in [0.4, 0.5) is 0 Å². The van der Waals surface area contributed by atoms with Crippen LogP contribution in [-0.2, 0) is 0 Å². The Balaban J connectivity index is 1.82. The molecule has 0 aromatic heterocycles. The summed E-state index contributed by atoms with van der Waals surface area (Å²) in [7, 11) is 0. The number of benzene rings is 2. The van der Waals surface area contributed by atoms with Gasteiger partial charge in [0.25, 0.3) is 5.91 Å². The molecular weight excluding hydrogens is 334 g/mol. The summed E-state index contributed by atoms with van der Waals surface area (Å²) in [5, 5.41) is 12.4. The molecule has 2 rings (SSSR count). The first-order chi connectivity index (χ1) is 10.1. The van der Waals surface area contributed by atoms with Crippen molar-refractivity contribution < 1.29 is 14.6 Å². The van der Waals surface area contributed by atoms with E-state index in [-0.39, 0.29) is 17.2 Å². The molecule has 1 amide bonds. The molecule has 0 unspecified atom stereocenters. The number of aryl methyl sites for hydroxylation is 1. The second kappa shape index (κ2) is 7.13. The Kier molecular flexibility index (Phi) is 5.22. The molecule has 0 spiro atoms. The summed E-state index contributed by atoms with van der Waals surface area (Å²) in [5.74, 6) is 0.405. The van der Waals surface area contributed by atoms with Crippen LogP contribution in [0.1, 0.15) is 15.9 Å². The molecule has 0 heterocycles. The highest BCUT2D eigenvalue weighted by atomic mass is 79.9. The largest absolute Gasteiger partial charge is 0.507 e. The van der Waals surface area contributed by atoms with E-state index in [0.717, 1.165) is 15.8 Å². The molecule has 0 aliphatic heterocycles. The highest BCUT2D eigenvalue weighted by Gasteiger charge is 2.10. The number of nitrogens with one attached hydrogen (secondary N) is 1. The van der Waals surface area contributed by atoms with Crippen molar-refractivity contribution in [2.24, 2.45) is 0 Å². The van der Waals surface area contributed by atoms with Crippen molar-refractivity contribution in [3.05, 3.63) is 58.1 Å². The standard InChI is InChI=1S/C16H16BrNO3/c1-11-5-6-14(15(19)9-11)16(20)18-7-8-21-13-4-2-3-12(17)10-13/h2-6,9-10,19H,7-8H2,1H3,(H,18,20). The van der Waals surface area contributed by atoms with E-state index in [1.165, 1.54) is 0 Å². The number of carbonyl (C=O) groups excluding carboxylic acids is 1. The van der Waals surface area contributed by atoms with Crippen molar-refractivity contribution in [3.63, 3.8) is 0 Å². The number of phenols is 1. The van der Waals surface area contributed by atoms with Crippen LogP contribution in [-0.4, -0.2) is 24.2 Å². The number of ether oxygens (including phenoxy) is 1. The summed E-state index contributed by atoms with van der Waals surface area (Å²) in [6.07, 6.45) is 0. The van der Waals surface area contributed by atoms with Crippen LogP contribution < -0.4 is 10.1 Å². The minimum absolute atomic E-state index is 0.0135. The third-order valence-corrected chi connectivity index (χ3v) is 3.34. The van der Waals surface area contributed by atoms with Gasteiger partial charge in [0, 0.05) is 4.47 Å². The van der Waals surface area contributed by atoms with E-state index in [1.807, 2.05) is 31.2 Å². The second-order valence-electron chi connectivity index (χ2n) is 4.58. The van der Waals surface area contributed by atoms with Crippen molar-refractivity contribution in [2.45, 2.75) is 6.92 Å². The van der Waals surface area contributed by atoms with Gasteiger partial charge in [-0.2, -0.15) is 0 Å². The summed E-state index contributed by atoms with van der Waals surface area (Å²) in [6, 6.07) is 12.4. The number of carbonyl (C=O) groups is 1. The SMILES string of the molecule is Cc1ccc(C(=O)NCCOc2cccc(Br)c2)c(O)c1. The van der Waals surface area contributed by atoms with Crippen LogP contribution >= 0.6 is 15.9 Å². The van der Waals surface area contributed by atoms with E-state index >= 15 is 0 Å². The summed E-state index contributed by atoms with van der Waals surface area (Å²) in [4.78, 5) is 11.9. The number of hydrogen-bond donors (Lipinski definition) is 2. The lowest BCUT2D eigenvalue weighted by Crippen LogP contribution is -2.28. The maximum Gasteiger partial charge on any atom is 0.255 e. The van der Waals surface area contributed by atoms with E-state index in [9.17, 15) is 9.90 Å². The zero-order valence-electron chi connectivity index (χ0n) is 11.6. The van der Waals surface area contributed by atoms with Gasteiger partial charge >= 0.3 is 0 Å². The van der Waals surface area contributed by atoms with E-state index in [0.29, 0.717) is 13.2 Å². The number of phenolic OH excluding ortho intramolecular Hbond substituents is 1. The van der Waals surface area contributed by atoms with E-state index in [1.54, 1.807) is 18.2 Å². The summed E-state index contributed by atoms with van der Waals surface area (Å²) in [6.45, 7) is 2.57. The fourth-order valence-corrected chi connectivity index (χ4v) is 2.20. The molecule has 21 heavy (non-hydrogen) atoms. The molecule has 0 saturated carbocycles. The third-order valence-electron chi connectivity index (χ3n) is 2.85. The van der Waals surface area contributed by atoms with E-state index in [4.69, 9.17) is 4.74 Å². The first-order valence-electron chi connectivity index (χ1n) is 6.52. The van der Waals surface area contributed by atoms with Gasteiger partial charge in [-0.3, -0.25) is 4.79 Å². The lowest BCUT2D eigenvalue weighted by molar-refractivity contribution is 0.0944. The van der Waals surface area contributed by atoms with Crippen LogP contribution in [0.25, 0.3) is 0 Å². The second-order valence-corrected chi connectivity index (χ2v) is 5.50. The summed E-state index contributed by atoms with van der Waals surface area (Å²) < 4.78 is 6.45. The van der Waals surface area contributed by atoms with Gasteiger partial charge < -0.3 is 15.2 Å². The third kappa shape index (κ3) is 4.49. The van der Waals surface area contributed by atoms with Gasteiger partial charge in [-0.05, 0) is 42.8 Å². The Morgan fingerprint density at radius 1 is 1.29 bits per heavy atom. The molecule has 2 aromatic carbocycles. The minimum atomic E-state index is -0.314. The van der Waals surface area contributed by atoms with E-state index in [2.05, 4.69) is 21.2 Å². The van der Waals surface area contributed by atoms with Crippen molar-refractivity contribution in [2.75, 3.05) is 13.2 Å². The van der Waals surface area contributed by atoms with Gasteiger partial charge in [-0.1, -0.05) is 28.1 Å². The highest BCUT2D eigenvalue weighted by Crippen LogP contribution is 2.18. The maximum absolute atomic E-state index is 11.9. The molecule has 0 atom stereocenters. The number of rotatable bonds is 5. The van der Waals surface area contributed by atoms with Crippen LogP contribution in [0.2, 0.25) is 0 Å². The van der Waals surface area contributed by atoms with Crippen molar-refractivity contribution in [1.29, 1.82) is 0 Å². The van der Waals surface area contributed by atoms with Crippen molar-refractivity contribution in [3.8, 4) is 11.5 Å². The molecule has 4 nitrogen and oxygen atoms in total. The van der Waals surface area contributed by atoms with Gasteiger partial charge in [0.2, 0.25) is 0 Å². The fraction of sp³-hybridized carbons (Fsp3) is 0.188. The predicted octanol–water partition coefficient (Wildman–Crippen LogP) is 3.27. The first-order valence-corrected chi connectivity index (χ1v) is 7.32. The monoisotopic (exact) mass is 349 g/mol. The zero-order valence-corrected chi connectivity index (χ0v) is 13.2. The molecular formula is C16H16BrNO3. The van der Waals surface area contributed by atoms with Crippen LogP contribution in [0.15, 0.2) is 46.9 Å². The maximum atomic E-state index is 11.9. The fourth-order valence-electron chi connectivity index (χ4n) is 1.82. The minimum Gasteiger partial charge on any atom is -0.507 e. The molecule has 0 bridgehead atoms. The topological polar surface area (TPSA) is 58.6 Å². The number of amides is 1. The quantitative estimate of drug-likeness (QED) is 0.814. The van der Waals surface area contributed by atoms with E-state index < -0.39 is 0 Å². The molecule has 5 heteroatoms. The highest BCUT2D eigenvalue weighted by molar-refractivity contribution is 9.10.